The van der Waals surface area contributed by atoms with Gasteiger partial charge in [-0.05, 0) is 59.7 Å². The smallest absolute Gasteiger partial charge is 0.312 e. The summed E-state index contributed by atoms with van der Waals surface area (Å²) in [4.78, 5) is 14.1. The summed E-state index contributed by atoms with van der Waals surface area (Å²) in [6.45, 7) is 10.2. The summed E-state index contributed by atoms with van der Waals surface area (Å²) in [6.07, 6.45) is 5.20. The van der Waals surface area contributed by atoms with Crippen LogP contribution in [0.25, 0.3) is 0 Å². The maximum atomic E-state index is 11.5. The van der Waals surface area contributed by atoms with Crippen molar-refractivity contribution in [2.24, 2.45) is 5.41 Å². The molecule has 1 fully saturated rings. The molecule has 1 N–H and O–H groups in total. The van der Waals surface area contributed by atoms with Gasteiger partial charge < -0.3 is 15.0 Å². The van der Waals surface area contributed by atoms with Gasteiger partial charge >= 0.3 is 5.97 Å². The van der Waals surface area contributed by atoms with Crippen LogP contribution < -0.4 is 5.32 Å². The molecule has 0 aromatic heterocycles. The highest BCUT2D eigenvalue weighted by molar-refractivity contribution is 5.76. The predicted molar refractivity (Wildman–Crippen MR) is 78.2 cm³/mol. The molecule has 4 nitrogen and oxygen atoms in total. The first kappa shape index (κ1) is 16.4. The zero-order chi connectivity index (χ0) is 14.3. The average Bonchev–Trinajstić information content (AvgIpc) is 2.39. The number of carbonyl (C=O) groups is 1. The fourth-order valence-electron chi connectivity index (χ4n) is 2.65. The average molecular weight is 270 g/mol. The second-order valence-corrected chi connectivity index (χ2v) is 6.29. The molecule has 4 heteroatoms. The summed E-state index contributed by atoms with van der Waals surface area (Å²) >= 11 is 0. The SMILES string of the molecule is COC(=O)C(C)(C)CNCCCN1CCCCC1C. The highest BCUT2D eigenvalue weighted by atomic mass is 16.5. The van der Waals surface area contributed by atoms with Crippen LogP contribution in [0.2, 0.25) is 0 Å². The standard InChI is InChI=1S/C15H30N2O2/c1-13-8-5-6-10-17(13)11-7-9-16-12-15(2,3)14(18)19-4/h13,16H,5-12H2,1-4H3. The first-order chi connectivity index (χ1) is 8.97. The highest BCUT2D eigenvalue weighted by Gasteiger charge is 2.27. The summed E-state index contributed by atoms with van der Waals surface area (Å²) in [6, 6.07) is 0.736. The minimum absolute atomic E-state index is 0.148. The highest BCUT2D eigenvalue weighted by Crippen LogP contribution is 2.17. The van der Waals surface area contributed by atoms with Crippen molar-refractivity contribution in [3.8, 4) is 0 Å². The molecule has 1 unspecified atom stereocenters. The normalized spacial score (nSPS) is 21.4. The molecule has 0 amide bonds. The van der Waals surface area contributed by atoms with Gasteiger partial charge in [-0.15, -0.1) is 0 Å². The lowest BCUT2D eigenvalue weighted by Gasteiger charge is -2.33. The number of nitrogens with one attached hydrogen (secondary N) is 1. The number of ether oxygens (including phenoxy) is 1. The van der Waals surface area contributed by atoms with Crippen LogP contribution in [-0.4, -0.2) is 50.2 Å². The van der Waals surface area contributed by atoms with Crippen LogP contribution in [0, 0.1) is 5.41 Å². The van der Waals surface area contributed by atoms with E-state index in [0.717, 1.165) is 25.6 Å². The van der Waals surface area contributed by atoms with Gasteiger partial charge in [0.1, 0.15) is 0 Å². The summed E-state index contributed by atoms with van der Waals surface area (Å²) in [5.74, 6) is -0.148. The summed E-state index contributed by atoms with van der Waals surface area (Å²) < 4.78 is 4.79. The maximum Gasteiger partial charge on any atom is 0.312 e. The first-order valence-corrected chi connectivity index (χ1v) is 7.50. The van der Waals surface area contributed by atoms with Gasteiger partial charge in [-0.25, -0.2) is 0 Å². The Labute approximate surface area is 117 Å². The summed E-state index contributed by atoms with van der Waals surface area (Å²) in [5.41, 5.74) is -0.437. The van der Waals surface area contributed by atoms with Gasteiger partial charge in [0, 0.05) is 12.6 Å². The largest absolute Gasteiger partial charge is 0.469 e. The Morgan fingerprint density at radius 1 is 1.42 bits per heavy atom. The lowest BCUT2D eigenvalue weighted by atomic mass is 9.94. The molecule has 1 aliphatic heterocycles. The topological polar surface area (TPSA) is 41.6 Å². The van der Waals surface area contributed by atoms with Crippen LogP contribution in [0.1, 0.15) is 46.5 Å². The van der Waals surface area contributed by atoms with Gasteiger partial charge in [-0.2, -0.15) is 0 Å². The van der Waals surface area contributed by atoms with E-state index < -0.39 is 5.41 Å². The van der Waals surface area contributed by atoms with Crippen LogP contribution in [-0.2, 0) is 9.53 Å². The fraction of sp³-hybridized carbons (Fsp3) is 0.933. The zero-order valence-electron chi connectivity index (χ0n) is 13.0. The molecule has 112 valence electrons. The van der Waals surface area contributed by atoms with Crippen molar-refractivity contribution in [1.82, 2.24) is 10.2 Å². The molecule has 1 rings (SSSR count). The molecule has 0 bridgehead atoms. The Morgan fingerprint density at radius 2 is 2.16 bits per heavy atom. The Balaban J connectivity index is 2.12. The van der Waals surface area contributed by atoms with Gasteiger partial charge in [0.2, 0.25) is 0 Å². The predicted octanol–water partition coefficient (Wildman–Crippen LogP) is 2.04. The third kappa shape index (κ3) is 5.49. The van der Waals surface area contributed by atoms with Crippen molar-refractivity contribution in [3.05, 3.63) is 0 Å². The molecule has 1 heterocycles. The molecular formula is C15H30N2O2. The maximum absolute atomic E-state index is 11.5. The van der Waals surface area contributed by atoms with Crippen molar-refractivity contribution in [1.29, 1.82) is 0 Å². The molecule has 0 aromatic carbocycles. The third-order valence-corrected chi connectivity index (χ3v) is 4.04. The molecule has 0 spiro atoms. The van der Waals surface area contributed by atoms with Gasteiger partial charge in [0.25, 0.3) is 0 Å². The number of rotatable bonds is 7. The molecule has 0 saturated carbocycles. The second kappa shape index (κ2) is 7.85. The number of piperidine rings is 1. The number of likely N-dealkylation sites (tertiary alicyclic amines) is 1. The summed E-state index contributed by atoms with van der Waals surface area (Å²) in [7, 11) is 1.45. The molecule has 0 aliphatic carbocycles. The molecular weight excluding hydrogens is 240 g/mol. The second-order valence-electron chi connectivity index (χ2n) is 6.29. The number of carbonyl (C=O) groups excluding carboxylic acids is 1. The quantitative estimate of drug-likeness (QED) is 0.568. The van der Waals surface area contributed by atoms with E-state index in [2.05, 4.69) is 17.1 Å². The Kier molecular flexibility index (Phi) is 6.80. The molecule has 1 saturated heterocycles. The van der Waals surface area contributed by atoms with Gasteiger partial charge in [0.15, 0.2) is 0 Å². The number of hydrogen-bond donors (Lipinski definition) is 1. The van der Waals surface area contributed by atoms with E-state index in [-0.39, 0.29) is 5.97 Å². The van der Waals surface area contributed by atoms with E-state index in [9.17, 15) is 4.79 Å². The monoisotopic (exact) mass is 270 g/mol. The lowest BCUT2D eigenvalue weighted by Crippen LogP contribution is -2.40. The van der Waals surface area contributed by atoms with E-state index in [1.807, 2.05) is 13.8 Å². The third-order valence-electron chi connectivity index (χ3n) is 4.04. The van der Waals surface area contributed by atoms with Crippen molar-refractivity contribution in [3.63, 3.8) is 0 Å². The molecule has 19 heavy (non-hydrogen) atoms. The minimum Gasteiger partial charge on any atom is -0.469 e. The first-order valence-electron chi connectivity index (χ1n) is 7.50. The Hall–Kier alpha value is -0.610. The van der Waals surface area contributed by atoms with Crippen molar-refractivity contribution >= 4 is 5.97 Å². The van der Waals surface area contributed by atoms with Crippen molar-refractivity contribution in [2.75, 3.05) is 33.3 Å². The summed E-state index contributed by atoms with van der Waals surface area (Å²) in [5, 5.41) is 3.37. The zero-order valence-corrected chi connectivity index (χ0v) is 13.0. The van der Waals surface area contributed by atoms with E-state index in [1.54, 1.807) is 0 Å². The van der Waals surface area contributed by atoms with Gasteiger partial charge in [0.05, 0.1) is 12.5 Å². The Morgan fingerprint density at radius 3 is 2.79 bits per heavy atom. The van der Waals surface area contributed by atoms with Crippen molar-refractivity contribution < 1.29 is 9.53 Å². The van der Waals surface area contributed by atoms with Gasteiger partial charge in [-0.1, -0.05) is 6.42 Å². The minimum atomic E-state index is -0.437. The Bertz CT molecular complexity index is 279. The van der Waals surface area contributed by atoms with Crippen molar-refractivity contribution in [2.45, 2.75) is 52.5 Å². The van der Waals surface area contributed by atoms with Crippen LogP contribution >= 0.6 is 0 Å². The number of hydrogen-bond acceptors (Lipinski definition) is 4. The molecule has 0 aromatic rings. The van der Waals surface area contributed by atoms with Crippen LogP contribution in [0.3, 0.4) is 0 Å². The van der Waals surface area contributed by atoms with E-state index in [0.29, 0.717) is 6.54 Å². The van der Waals surface area contributed by atoms with E-state index >= 15 is 0 Å². The van der Waals surface area contributed by atoms with Crippen LogP contribution in [0.4, 0.5) is 0 Å². The van der Waals surface area contributed by atoms with Gasteiger partial charge in [-0.3, -0.25) is 4.79 Å². The fourth-order valence-corrected chi connectivity index (χ4v) is 2.65. The molecule has 0 radical (unpaired) electrons. The van der Waals surface area contributed by atoms with Crippen LogP contribution in [0.5, 0.6) is 0 Å². The van der Waals surface area contributed by atoms with E-state index in [1.165, 1.54) is 32.9 Å². The number of esters is 1. The van der Waals surface area contributed by atoms with E-state index in [4.69, 9.17) is 4.74 Å². The number of nitrogens with zero attached hydrogens (tertiary/aromatic N) is 1. The molecule has 1 aliphatic rings. The molecule has 1 atom stereocenters. The van der Waals surface area contributed by atoms with Crippen LogP contribution in [0.15, 0.2) is 0 Å². The lowest BCUT2D eigenvalue weighted by molar-refractivity contribution is -0.150. The number of methoxy groups -OCH3 is 1.